The fourth-order valence-corrected chi connectivity index (χ4v) is 6.63. The van der Waals surface area contributed by atoms with Crippen LogP contribution in [0.25, 0.3) is 0 Å². The van der Waals surface area contributed by atoms with Gasteiger partial charge in [0, 0.05) is 20.3 Å². The van der Waals surface area contributed by atoms with Gasteiger partial charge in [-0.05, 0) is 86.3 Å². The van der Waals surface area contributed by atoms with E-state index in [4.69, 9.17) is 44.6 Å². The van der Waals surface area contributed by atoms with E-state index < -0.39 is 37.5 Å². The minimum atomic E-state index is -1.35. The molecule has 0 amide bonds. The number of rotatable bonds is 12. The smallest absolute Gasteiger partial charge is 0.348 e. The van der Waals surface area contributed by atoms with Gasteiger partial charge in [0.25, 0.3) is 0 Å². The molecule has 1 aliphatic carbocycles. The molecule has 6 atom stereocenters. The highest BCUT2D eigenvalue weighted by Crippen LogP contribution is 2.42. The molecule has 0 aliphatic heterocycles. The number of ether oxygens (including phenoxy) is 1. The molecule has 3 rings (SSSR count). The molecule has 1 aliphatic rings. The summed E-state index contributed by atoms with van der Waals surface area (Å²) in [4.78, 5) is 13.6. The van der Waals surface area contributed by atoms with Crippen LogP contribution in [-0.4, -0.2) is 63.3 Å². The maximum Gasteiger partial charge on any atom is 0.348 e. The van der Waals surface area contributed by atoms with Crippen molar-refractivity contribution in [2.24, 2.45) is 11.8 Å². The van der Waals surface area contributed by atoms with E-state index in [0.29, 0.717) is 21.3 Å². The Bertz CT molecular complexity index is 950. The van der Waals surface area contributed by atoms with Crippen molar-refractivity contribution in [2.45, 2.75) is 62.2 Å². The number of aliphatic hydroxyl groups excluding tert-OH is 4. The number of benzene rings is 1. The van der Waals surface area contributed by atoms with Crippen molar-refractivity contribution in [3.05, 3.63) is 55.7 Å². The van der Waals surface area contributed by atoms with Crippen molar-refractivity contribution in [3.8, 4) is 0 Å². The molecule has 0 bridgehead atoms. The number of carbonyl (C=O) groups is 1. The lowest BCUT2D eigenvalue weighted by Gasteiger charge is -2.23. The van der Waals surface area contributed by atoms with Crippen LogP contribution in [0.3, 0.4) is 0 Å². The molecule has 0 unspecified atom stereocenters. The number of hydrogen-bond donors (Lipinski definition) is 4. The fourth-order valence-electron chi connectivity index (χ4n) is 4.62. The lowest BCUT2D eigenvalue weighted by atomic mass is 9.85. The number of carbonyl (C=O) groups excluding carboxylic acids is 1. The predicted octanol–water partition coefficient (Wildman–Crippen LogP) is 4.49. The van der Waals surface area contributed by atoms with Crippen LogP contribution in [0, 0.1) is 11.8 Å². The number of hydrogen-bond acceptors (Lipinski definition) is 7. The van der Waals surface area contributed by atoms with Crippen LogP contribution in [0.15, 0.2) is 30.3 Å². The second-order valence-electron chi connectivity index (χ2n) is 9.04. The standard InChI is InChI=1S/C25H31Cl3O6S/c26-15-8-14(9-16(27)10-15)4-6-19-18(20(28)11-21(19)30)3-1-2-17-5-7-24(35-17)25(33)34-13-23(32)22(31)12-29/h5,7-10,18-23,29-32H,1-4,6,11-13H2/t18-,19-,20-,21-,22+,23+/m1/s1. The molecule has 35 heavy (non-hydrogen) atoms. The van der Waals surface area contributed by atoms with E-state index in [9.17, 15) is 20.1 Å². The predicted molar refractivity (Wildman–Crippen MR) is 139 cm³/mol. The Morgan fingerprint density at radius 3 is 2.46 bits per heavy atom. The number of halogens is 3. The quantitative estimate of drug-likeness (QED) is 0.223. The lowest BCUT2D eigenvalue weighted by Crippen LogP contribution is -2.34. The van der Waals surface area contributed by atoms with Gasteiger partial charge in [-0.2, -0.15) is 0 Å². The molecule has 1 fully saturated rings. The topological polar surface area (TPSA) is 107 Å². The third-order valence-electron chi connectivity index (χ3n) is 6.50. The molecule has 0 spiro atoms. The third kappa shape index (κ3) is 8.30. The molecule has 1 saturated carbocycles. The van der Waals surface area contributed by atoms with Gasteiger partial charge in [-0.25, -0.2) is 4.79 Å². The maximum absolute atomic E-state index is 12.2. The molecule has 4 N–H and O–H groups in total. The Labute approximate surface area is 224 Å². The Kier molecular flexibility index (Phi) is 11.1. The summed E-state index contributed by atoms with van der Waals surface area (Å²) in [6.45, 7) is -1.00. The number of aryl methyl sites for hydroxylation is 2. The molecule has 0 radical (unpaired) electrons. The first-order valence-corrected chi connectivity index (χ1v) is 13.7. The Morgan fingerprint density at radius 1 is 1.06 bits per heavy atom. The monoisotopic (exact) mass is 564 g/mol. The zero-order valence-corrected chi connectivity index (χ0v) is 22.2. The minimum absolute atomic E-state index is 0.0764. The highest BCUT2D eigenvalue weighted by atomic mass is 35.5. The van der Waals surface area contributed by atoms with Crippen LogP contribution >= 0.6 is 46.1 Å². The Morgan fingerprint density at radius 2 is 1.77 bits per heavy atom. The van der Waals surface area contributed by atoms with E-state index in [1.807, 2.05) is 18.2 Å². The van der Waals surface area contributed by atoms with Gasteiger partial charge in [-0.1, -0.05) is 23.2 Å². The van der Waals surface area contributed by atoms with Crippen molar-refractivity contribution in [2.75, 3.05) is 13.2 Å². The van der Waals surface area contributed by atoms with Crippen LogP contribution in [0.2, 0.25) is 10.0 Å². The normalized spacial score (nSPS) is 23.9. The molecular formula is C25H31Cl3O6S. The van der Waals surface area contributed by atoms with E-state index in [1.54, 1.807) is 12.1 Å². The summed E-state index contributed by atoms with van der Waals surface area (Å²) in [5.74, 6) is -0.277. The number of esters is 1. The van der Waals surface area contributed by atoms with Crippen molar-refractivity contribution in [1.82, 2.24) is 0 Å². The van der Waals surface area contributed by atoms with E-state index in [2.05, 4.69) is 0 Å². The first-order chi connectivity index (χ1) is 16.7. The van der Waals surface area contributed by atoms with Gasteiger partial charge >= 0.3 is 5.97 Å². The summed E-state index contributed by atoms with van der Waals surface area (Å²) in [5.41, 5.74) is 1.04. The molecule has 194 valence electrons. The Balaban J connectivity index is 1.48. The van der Waals surface area contributed by atoms with Gasteiger partial charge in [0.15, 0.2) is 0 Å². The largest absolute Gasteiger partial charge is 0.459 e. The summed E-state index contributed by atoms with van der Waals surface area (Å²) in [5, 5.41) is 39.5. The first-order valence-electron chi connectivity index (χ1n) is 11.7. The highest BCUT2D eigenvalue weighted by molar-refractivity contribution is 7.13. The average Bonchev–Trinajstić information content (AvgIpc) is 3.38. The van der Waals surface area contributed by atoms with E-state index in [0.717, 1.165) is 42.5 Å². The van der Waals surface area contributed by atoms with Gasteiger partial charge in [0.05, 0.1) is 12.7 Å². The van der Waals surface area contributed by atoms with Gasteiger partial charge in [0.2, 0.25) is 0 Å². The summed E-state index contributed by atoms with van der Waals surface area (Å²) < 4.78 is 5.02. The minimum Gasteiger partial charge on any atom is -0.459 e. The molecule has 1 heterocycles. The molecule has 10 heteroatoms. The zero-order valence-electron chi connectivity index (χ0n) is 19.2. The zero-order chi connectivity index (χ0) is 25.5. The van der Waals surface area contributed by atoms with Crippen LogP contribution in [0.1, 0.15) is 45.8 Å². The van der Waals surface area contributed by atoms with E-state index in [1.165, 1.54) is 11.3 Å². The highest BCUT2D eigenvalue weighted by Gasteiger charge is 2.40. The molecule has 6 nitrogen and oxygen atoms in total. The second-order valence-corrected chi connectivity index (χ2v) is 11.6. The fraction of sp³-hybridized carbons (Fsp3) is 0.560. The lowest BCUT2D eigenvalue weighted by molar-refractivity contribution is -0.0466. The van der Waals surface area contributed by atoms with Crippen LogP contribution in [-0.2, 0) is 17.6 Å². The summed E-state index contributed by atoms with van der Waals surface area (Å²) in [7, 11) is 0. The SMILES string of the molecule is O=C(OC[C@H](O)[C@@H](O)CO)c1ccc(CCC[C@@H]2[C@@H](CCc3cc(Cl)cc(Cl)c3)[C@H](O)C[C@H]2Cl)s1. The van der Waals surface area contributed by atoms with Crippen molar-refractivity contribution in [1.29, 1.82) is 0 Å². The van der Waals surface area contributed by atoms with Crippen molar-refractivity contribution < 1.29 is 30.0 Å². The molecular weight excluding hydrogens is 535 g/mol. The Hall–Kier alpha value is -0.900. The van der Waals surface area contributed by atoms with Gasteiger partial charge in [-0.3, -0.25) is 0 Å². The van der Waals surface area contributed by atoms with E-state index in [-0.39, 0.29) is 17.2 Å². The first kappa shape index (κ1) is 28.7. The number of aliphatic hydroxyl groups is 4. The van der Waals surface area contributed by atoms with Crippen LogP contribution < -0.4 is 0 Å². The molecule has 2 aromatic rings. The molecule has 1 aromatic heterocycles. The molecule has 1 aromatic carbocycles. The second kappa shape index (κ2) is 13.6. The maximum atomic E-state index is 12.2. The third-order valence-corrected chi connectivity index (χ3v) is 8.57. The van der Waals surface area contributed by atoms with Gasteiger partial charge < -0.3 is 25.2 Å². The van der Waals surface area contributed by atoms with Crippen LogP contribution in [0.5, 0.6) is 0 Å². The van der Waals surface area contributed by atoms with Crippen molar-refractivity contribution >= 4 is 52.1 Å². The van der Waals surface area contributed by atoms with Crippen LogP contribution in [0.4, 0.5) is 0 Å². The summed E-state index contributed by atoms with van der Waals surface area (Å²) in [6, 6.07) is 9.06. The van der Waals surface area contributed by atoms with Crippen molar-refractivity contribution in [3.63, 3.8) is 0 Å². The van der Waals surface area contributed by atoms with E-state index >= 15 is 0 Å². The average molecular weight is 566 g/mol. The number of thiophene rings is 1. The van der Waals surface area contributed by atoms with Gasteiger partial charge in [-0.15, -0.1) is 22.9 Å². The summed E-state index contributed by atoms with van der Waals surface area (Å²) >= 11 is 20.2. The van der Waals surface area contributed by atoms with Gasteiger partial charge in [0.1, 0.15) is 23.7 Å². The number of alkyl halides is 1. The molecule has 0 saturated heterocycles. The summed E-state index contributed by atoms with van der Waals surface area (Å²) in [6.07, 6.45) is 1.55.